The minimum atomic E-state index is 0.749. The number of hydrogen-bond acceptors (Lipinski definition) is 3. The second-order valence-electron chi connectivity index (χ2n) is 3.97. The van der Waals surface area contributed by atoms with Crippen molar-refractivity contribution in [2.75, 3.05) is 0 Å². The van der Waals surface area contributed by atoms with E-state index in [4.69, 9.17) is 0 Å². The van der Waals surface area contributed by atoms with Crippen LogP contribution in [0.3, 0.4) is 0 Å². The first-order valence-electron chi connectivity index (χ1n) is 4.84. The van der Waals surface area contributed by atoms with Gasteiger partial charge < -0.3 is 0 Å². The second-order valence-corrected chi connectivity index (χ2v) is 5.29. The van der Waals surface area contributed by atoms with E-state index >= 15 is 0 Å². The van der Waals surface area contributed by atoms with Crippen LogP contribution in [0.2, 0.25) is 0 Å². The SMILES string of the molecule is Cc1cnc(CN2C(C)CC2C)s1. The van der Waals surface area contributed by atoms with Gasteiger partial charge in [-0.15, -0.1) is 11.3 Å². The third-order valence-corrected chi connectivity index (χ3v) is 3.70. The summed E-state index contributed by atoms with van der Waals surface area (Å²) in [5, 5.41) is 1.26. The Morgan fingerprint density at radius 3 is 2.69 bits per heavy atom. The molecular formula is C10H16N2S. The molecule has 0 bridgehead atoms. The van der Waals surface area contributed by atoms with Crippen LogP contribution in [-0.4, -0.2) is 22.0 Å². The standard InChI is InChI=1S/C10H16N2S/c1-7-4-8(2)12(7)6-10-11-5-9(3)13-10/h5,7-8H,4,6H2,1-3H3. The fourth-order valence-corrected chi connectivity index (χ4v) is 2.80. The van der Waals surface area contributed by atoms with Gasteiger partial charge in [-0.1, -0.05) is 0 Å². The van der Waals surface area contributed by atoms with Crippen molar-refractivity contribution < 1.29 is 0 Å². The molecule has 1 aromatic heterocycles. The smallest absolute Gasteiger partial charge is 0.107 e. The van der Waals surface area contributed by atoms with Crippen molar-refractivity contribution in [1.29, 1.82) is 0 Å². The third-order valence-electron chi connectivity index (χ3n) is 2.80. The molecule has 0 saturated carbocycles. The Bertz CT molecular complexity index is 287. The van der Waals surface area contributed by atoms with Gasteiger partial charge in [0.05, 0.1) is 6.54 Å². The molecule has 1 aliphatic rings. The molecule has 0 N–H and O–H groups in total. The van der Waals surface area contributed by atoms with Crippen molar-refractivity contribution in [2.24, 2.45) is 0 Å². The number of nitrogens with zero attached hydrogens (tertiary/aromatic N) is 2. The van der Waals surface area contributed by atoms with Crippen LogP contribution in [-0.2, 0) is 6.54 Å². The summed E-state index contributed by atoms with van der Waals surface area (Å²) in [4.78, 5) is 8.21. The third kappa shape index (κ3) is 1.76. The zero-order valence-electron chi connectivity index (χ0n) is 8.45. The van der Waals surface area contributed by atoms with E-state index in [1.165, 1.54) is 16.3 Å². The summed E-state index contributed by atoms with van der Waals surface area (Å²) in [6, 6.07) is 1.50. The molecule has 3 heteroatoms. The maximum Gasteiger partial charge on any atom is 0.107 e. The molecular weight excluding hydrogens is 180 g/mol. The molecule has 1 fully saturated rings. The van der Waals surface area contributed by atoms with Gasteiger partial charge in [-0.05, 0) is 27.2 Å². The number of aromatic nitrogens is 1. The average Bonchev–Trinajstić information content (AvgIpc) is 2.48. The monoisotopic (exact) mass is 196 g/mol. The van der Waals surface area contributed by atoms with Gasteiger partial charge in [-0.3, -0.25) is 4.90 Å². The minimum Gasteiger partial charge on any atom is -0.291 e. The van der Waals surface area contributed by atoms with Gasteiger partial charge in [0.15, 0.2) is 0 Å². The molecule has 0 amide bonds. The fourth-order valence-electron chi connectivity index (χ4n) is 2.00. The Morgan fingerprint density at radius 1 is 1.54 bits per heavy atom. The molecule has 2 heterocycles. The van der Waals surface area contributed by atoms with Crippen LogP contribution in [0.25, 0.3) is 0 Å². The molecule has 0 aromatic carbocycles. The molecule has 72 valence electrons. The van der Waals surface area contributed by atoms with Gasteiger partial charge in [-0.2, -0.15) is 0 Å². The summed E-state index contributed by atoms with van der Waals surface area (Å²) in [6.45, 7) is 7.74. The zero-order valence-corrected chi connectivity index (χ0v) is 9.27. The van der Waals surface area contributed by atoms with Crippen LogP contribution in [0, 0.1) is 6.92 Å². The zero-order chi connectivity index (χ0) is 9.42. The highest BCUT2D eigenvalue weighted by atomic mass is 32.1. The topological polar surface area (TPSA) is 16.1 Å². The molecule has 0 aliphatic carbocycles. The summed E-state index contributed by atoms with van der Waals surface area (Å²) in [6.07, 6.45) is 3.31. The molecule has 2 nitrogen and oxygen atoms in total. The van der Waals surface area contributed by atoms with Crippen molar-refractivity contribution in [3.05, 3.63) is 16.1 Å². The molecule has 2 atom stereocenters. The van der Waals surface area contributed by atoms with Crippen LogP contribution in [0.15, 0.2) is 6.20 Å². The average molecular weight is 196 g/mol. The van der Waals surface area contributed by atoms with Gasteiger partial charge in [0.1, 0.15) is 5.01 Å². The summed E-state index contributed by atoms with van der Waals surface area (Å²) in [5.74, 6) is 0. The summed E-state index contributed by atoms with van der Waals surface area (Å²) < 4.78 is 0. The highest BCUT2D eigenvalue weighted by Gasteiger charge is 2.31. The first kappa shape index (κ1) is 9.16. The lowest BCUT2D eigenvalue weighted by Gasteiger charge is -2.45. The van der Waals surface area contributed by atoms with E-state index in [0.29, 0.717) is 0 Å². The van der Waals surface area contributed by atoms with Gasteiger partial charge in [-0.25, -0.2) is 4.98 Å². The second kappa shape index (κ2) is 3.39. The first-order chi connectivity index (χ1) is 6.16. The molecule has 2 rings (SSSR count). The van der Waals surface area contributed by atoms with Gasteiger partial charge in [0.2, 0.25) is 0 Å². The highest BCUT2D eigenvalue weighted by Crippen LogP contribution is 2.27. The van der Waals surface area contributed by atoms with Gasteiger partial charge >= 0.3 is 0 Å². The van der Waals surface area contributed by atoms with Crippen LogP contribution < -0.4 is 0 Å². The molecule has 13 heavy (non-hydrogen) atoms. The Balaban J connectivity index is 1.98. The lowest BCUT2D eigenvalue weighted by molar-refractivity contribution is 0.0295. The molecule has 1 aliphatic heterocycles. The van der Waals surface area contributed by atoms with Crippen LogP contribution in [0.5, 0.6) is 0 Å². The predicted octanol–water partition coefficient (Wildman–Crippen LogP) is 2.43. The Labute approximate surface area is 83.6 Å². The van der Waals surface area contributed by atoms with E-state index in [9.17, 15) is 0 Å². The maximum atomic E-state index is 4.38. The number of likely N-dealkylation sites (tertiary alicyclic amines) is 1. The van der Waals surface area contributed by atoms with E-state index in [0.717, 1.165) is 18.6 Å². The number of thiazole rings is 1. The van der Waals surface area contributed by atoms with Gasteiger partial charge in [0, 0.05) is 23.2 Å². The maximum absolute atomic E-state index is 4.38. The van der Waals surface area contributed by atoms with E-state index in [-0.39, 0.29) is 0 Å². The summed E-state index contributed by atoms with van der Waals surface area (Å²) in [5.41, 5.74) is 0. The number of rotatable bonds is 2. The molecule has 2 unspecified atom stereocenters. The lowest BCUT2D eigenvalue weighted by atomic mass is 9.96. The Hall–Kier alpha value is -0.410. The Morgan fingerprint density at radius 2 is 2.23 bits per heavy atom. The van der Waals surface area contributed by atoms with E-state index in [2.05, 4.69) is 30.7 Å². The van der Waals surface area contributed by atoms with Crippen LogP contribution in [0.1, 0.15) is 30.2 Å². The molecule has 1 aromatic rings. The fraction of sp³-hybridized carbons (Fsp3) is 0.700. The number of hydrogen-bond donors (Lipinski definition) is 0. The van der Waals surface area contributed by atoms with E-state index in [1.807, 2.05) is 17.5 Å². The quantitative estimate of drug-likeness (QED) is 0.722. The number of aryl methyl sites for hydroxylation is 1. The normalized spacial score (nSPS) is 28.8. The predicted molar refractivity (Wildman–Crippen MR) is 55.9 cm³/mol. The van der Waals surface area contributed by atoms with Crippen LogP contribution in [0.4, 0.5) is 0 Å². The van der Waals surface area contributed by atoms with Crippen LogP contribution >= 0.6 is 11.3 Å². The minimum absolute atomic E-state index is 0.749. The van der Waals surface area contributed by atoms with E-state index < -0.39 is 0 Å². The first-order valence-corrected chi connectivity index (χ1v) is 5.65. The van der Waals surface area contributed by atoms with Crippen molar-refractivity contribution in [2.45, 2.75) is 45.8 Å². The largest absolute Gasteiger partial charge is 0.291 e. The molecule has 1 saturated heterocycles. The van der Waals surface area contributed by atoms with Crippen molar-refractivity contribution in [3.63, 3.8) is 0 Å². The van der Waals surface area contributed by atoms with Crippen molar-refractivity contribution >= 4 is 11.3 Å². The van der Waals surface area contributed by atoms with E-state index in [1.54, 1.807) is 0 Å². The van der Waals surface area contributed by atoms with Gasteiger partial charge in [0.25, 0.3) is 0 Å². The lowest BCUT2D eigenvalue weighted by Crippen LogP contribution is -2.51. The Kier molecular flexibility index (Phi) is 2.39. The summed E-state index contributed by atoms with van der Waals surface area (Å²) >= 11 is 1.82. The van der Waals surface area contributed by atoms with Crippen molar-refractivity contribution in [3.8, 4) is 0 Å². The highest BCUT2D eigenvalue weighted by molar-refractivity contribution is 7.11. The molecule has 0 radical (unpaired) electrons. The summed E-state index contributed by atoms with van der Waals surface area (Å²) in [7, 11) is 0. The molecule has 0 spiro atoms. The van der Waals surface area contributed by atoms with Crippen molar-refractivity contribution in [1.82, 2.24) is 9.88 Å².